The third-order valence-electron chi connectivity index (χ3n) is 6.18. The van der Waals surface area contributed by atoms with E-state index in [1.165, 1.54) is 10.3 Å². The summed E-state index contributed by atoms with van der Waals surface area (Å²) in [6.07, 6.45) is 2.67. The van der Waals surface area contributed by atoms with E-state index in [0.717, 1.165) is 32.4 Å². The molecule has 0 spiro atoms. The van der Waals surface area contributed by atoms with Crippen LogP contribution in [0.15, 0.2) is 39.9 Å². The second-order valence-corrected chi connectivity index (χ2v) is 9.51. The predicted molar refractivity (Wildman–Crippen MR) is 137 cm³/mol. The highest BCUT2D eigenvalue weighted by Crippen LogP contribution is 2.23. The van der Waals surface area contributed by atoms with Crippen LogP contribution >= 0.6 is 0 Å². The molecule has 0 saturated carbocycles. The topological polar surface area (TPSA) is 116 Å². The van der Waals surface area contributed by atoms with Crippen LogP contribution in [0.4, 0.5) is 17.2 Å². The summed E-state index contributed by atoms with van der Waals surface area (Å²) in [6, 6.07) is 10.3. The highest BCUT2D eigenvalue weighted by Gasteiger charge is 2.25. The first-order chi connectivity index (χ1) is 16.3. The Morgan fingerprint density at radius 1 is 1.26 bits per heavy atom. The third-order valence-corrected chi connectivity index (χ3v) is 6.18. The van der Waals surface area contributed by atoms with Crippen LogP contribution in [0, 0.1) is 11.8 Å². The van der Waals surface area contributed by atoms with Crippen molar-refractivity contribution in [2.75, 3.05) is 48.3 Å². The molecule has 1 fully saturated rings. The molecule has 1 saturated heterocycles. The van der Waals surface area contributed by atoms with Crippen LogP contribution in [-0.4, -0.2) is 48.2 Å². The van der Waals surface area contributed by atoms with E-state index in [1.54, 1.807) is 4.90 Å². The molecule has 1 amide bonds. The van der Waals surface area contributed by atoms with E-state index >= 15 is 0 Å². The maximum atomic E-state index is 12.9. The van der Waals surface area contributed by atoms with E-state index in [2.05, 4.69) is 27.3 Å². The third kappa shape index (κ3) is 6.42. The molecule has 2 heterocycles. The number of unbranched alkanes of at least 4 members (excludes halogenated alkanes) is 1. The van der Waals surface area contributed by atoms with Gasteiger partial charge in [-0.1, -0.05) is 45.4 Å². The largest absolute Gasteiger partial charge is 0.383 e. The molecule has 1 aliphatic rings. The SMILES string of the molecule is CCCCn1c(N)c(N(CC(=O)NCC2CCN(c3ccccc3)C2)CC(C)C)c(=O)[nH]c1=O. The first-order valence-electron chi connectivity index (χ1n) is 12.2. The lowest BCUT2D eigenvalue weighted by molar-refractivity contribution is -0.119. The van der Waals surface area contributed by atoms with Crippen LogP contribution in [-0.2, 0) is 11.3 Å². The number of rotatable bonds is 11. The molecule has 0 bridgehead atoms. The number of nitrogens with two attached hydrogens (primary N) is 1. The Hall–Kier alpha value is -3.23. The molecular weight excluding hydrogens is 432 g/mol. The molecular formula is C25H38N6O3. The molecule has 9 heteroatoms. The van der Waals surface area contributed by atoms with Crippen molar-refractivity contribution in [1.29, 1.82) is 0 Å². The number of H-pyrrole nitrogens is 1. The minimum Gasteiger partial charge on any atom is -0.383 e. The van der Waals surface area contributed by atoms with Crippen molar-refractivity contribution in [3.05, 3.63) is 51.2 Å². The smallest absolute Gasteiger partial charge is 0.330 e. The number of para-hydroxylation sites is 1. The summed E-state index contributed by atoms with van der Waals surface area (Å²) in [5, 5.41) is 3.04. The van der Waals surface area contributed by atoms with E-state index in [9.17, 15) is 14.4 Å². The maximum absolute atomic E-state index is 12.9. The van der Waals surface area contributed by atoms with Crippen molar-refractivity contribution in [3.63, 3.8) is 0 Å². The van der Waals surface area contributed by atoms with Crippen molar-refractivity contribution in [2.45, 2.75) is 46.6 Å². The summed E-state index contributed by atoms with van der Waals surface area (Å²) in [7, 11) is 0. The standard InChI is InChI=1S/C25H38N6O3/c1-4-5-12-31-23(26)22(24(33)28-25(31)34)30(15-18(2)3)17-21(32)27-14-19-11-13-29(16-19)20-9-7-6-8-10-20/h6-10,18-19H,4-5,11-17,26H2,1-3H3,(H,27,32)(H,28,33,34). The van der Waals surface area contributed by atoms with Crippen LogP contribution in [0.25, 0.3) is 0 Å². The van der Waals surface area contributed by atoms with E-state index in [0.29, 0.717) is 25.6 Å². The average Bonchev–Trinajstić information content (AvgIpc) is 3.27. The van der Waals surface area contributed by atoms with Gasteiger partial charge < -0.3 is 20.9 Å². The second-order valence-electron chi connectivity index (χ2n) is 9.51. The fourth-order valence-electron chi connectivity index (χ4n) is 4.46. The highest BCUT2D eigenvalue weighted by molar-refractivity contribution is 5.82. The van der Waals surface area contributed by atoms with Crippen molar-refractivity contribution in [2.24, 2.45) is 11.8 Å². The van der Waals surface area contributed by atoms with Gasteiger partial charge in [0.15, 0.2) is 0 Å². The van der Waals surface area contributed by atoms with E-state index in [1.807, 2.05) is 39.0 Å². The predicted octanol–water partition coefficient (Wildman–Crippen LogP) is 2.02. The zero-order valence-electron chi connectivity index (χ0n) is 20.5. The summed E-state index contributed by atoms with van der Waals surface area (Å²) in [6.45, 7) is 9.39. The van der Waals surface area contributed by atoms with Gasteiger partial charge in [0.25, 0.3) is 5.56 Å². The molecule has 3 rings (SSSR count). The van der Waals surface area contributed by atoms with E-state index < -0.39 is 11.2 Å². The number of aromatic amines is 1. The van der Waals surface area contributed by atoms with Gasteiger partial charge in [-0.3, -0.25) is 19.1 Å². The average molecular weight is 471 g/mol. The van der Waals surface area contributed by atoms with Gasteiger partial charge in [-0.2, -0.15) is 0 Å². The number of benzene rings is 1. The van der Waals surface area contributed by atoms with Gasteiger partial charge in [0.1, 0.15) is 11.5 Å². The highest BCUT2D eigenvalue weighted by atomic mass is 16.2. The number of hydrogen-bond donors (Lipinski definition) is 3. The van der Waals surface area contributed by atoms with Crippen molar-refractivity contribution < 1.29 is 4.79 Å². The van der Waals surface area contributed by atoms with E-state index in [4.69, 9.17) is 5.73 Å². The molecule has 1 atom stereocenters. The molecule has 2 aromatic rings. The summed E-state index contributed by atoms with van der Waals surface area (Å²) in [5.41, 5.74) is 6.60. The van der Waals surface area contributed by atoms with Crippen LogP contribution in [0.1, 0.15) is 40.0 Å². The van der Waals surface area contributed by atoms with Gasteiger partial charge >= 0.3 is 5.69 Å². The quantitative estimate of drug-likeness (QED) is 0.463. The summed E-state index contributed by atoms with van der Waals surface area (Å²) in [5.74, 6) is 0.512. The number of amides is 1. The molecule has 1 aromatic heterocycles. The second kappa shape index (κ2) is 11.8. The molecule has 0 radical (unpaired) electrons. The minimum atomic E-state index is -0.557. The lowest BCUT2D eigenvalue weighted by Gasteiger charge is -2.27. The number of carbonyl (C=O) groups is 1. The van der Waals surface area contributed by atoms with Gasteiger partial charge in [0.05, 0.1) is 6.54 Å². The summed E-state index contributed by atoms with van der Waals surface area (Å²) >= 11 is 0. The number of nitrogens with one attached hydrogen (secondary N) is 2. The molecule has 34 heavy (non-hydrogen) atoms. The fourth-order valence-corrected chi connectivity index (χ4v) is 4.46. The number of anilines is 3. The summed E-state index contributed by atoms with van der Waals surface area (Å²) in [4.78, 5) is 44.3. The van der Waals surface area contributed by atoms with Gasteiger partial charge in [-0.25, -0.2) is 4.79 Å². The van der Waals surface area contributed by atoms with Crippen molar-refractivity contribution in [1.82, 2.24) is 14.9 Å². The monoisotopic (exact) mass is 470 g/mol. The Kier molecular flexibility index (Phi) is 8.79. The molecule has 0 aliphatic carbocycles. The van der Waals surface area contributed by atoms with Gasteiger partial charge in [-0.15, -0.1) is 0 Å². The Morgan fingerprint density at radius 2 is 2.00 bits per heavy atom. The van der Waals surface area contributed by atoms with Crippen molar-refractivity contribution in [3.8, 4) is 0 Å². The number of aromatic nitrogens is 2. The van der Waals surface area contributed by atoms with E-state index in [-0.39, 0.29) is 29.9 Å². The van der Waals surface area contributed by atoms with Gasteiger partial charge in [0, 0.05) is 38.4 Å². The first kappa shape index (κ1) is 25.4. The maximum Gasteiger partial charge on any atom is 0.330 e. The number of carbonyl (C=O) groups excluding carboxylic acids is 1. The first-order valence-corrected chi connectivity index (χ1v) is 12.2. The van der Waals surface area contributed by atoms with Crippen LogP contribution in [0.5, 0.6) is 0 Å². The molecule has 9 nitrogen and oxygen atoms in total. The Labute approximate surface area is 201 Å². The fraction of sp³-hybridized carbons (Fsp3) is 0.560. The lowest BCUT2D eigenvalue weighted by Crippen LogP contribution is -2.45. The zero-order valence-corrected chi connectivity index (χ0v) is 20.5. The Bertz CT molecular complexity index is 1060. The molecule has 1 unspecified atom stereocenters. The normalized spacial score (nSPS) is 15.6. The molecule has 186 valence electrons. The number of nitrogens with zero attached hydrogens (tertiary/aromatic N) is 3. The Morgan fingerprint density at radius 3 is 2.68 bits per heavy atom. The number of nitrogen functional groups attached to an aromatic ring is 1. The molecule has 1 aromatic carbocycles. The van der Waals surface area contributed by atoms with Gasteiger partial charge in [0.2, 0.25) is 5.91 Å². The van der Waals surface area contributed by atoms with Gasteiger partial charge in [-0.05, 0) is 36.8 Å². The van der Waals surface area contributed by atoms with Crippen molar-refractivity contribution >= 4 is 23.1 Å². The number of hydrogen-bond acceptors (Lipinski definition) is 6. The summed E-state index contributed by atoms with van der Waals surface area (Å²) < 4.78 is 1.39. The minimum absolute atomic E-state index is 0.00651. The lowest BCUT2D eigenvalue weighted by atomic mass is 10.1. The van der Waals surface area contributed by atoms with Crippen LogP contribution in [0.3, 0.4) is 0 Å². The molecule has 1 aliphatic heterocycles. The van der Waals surface area contributed by atoms with Crippen LogP contribution in [0.2, 0.25) is 0 Å². The molecule has 4 N–H and O–H groups in total. The van der Waals surface area contributed by atoms with Crippen LogP contribution < -0.4 is 32.1 Å². The Balaban J connectivity index is 1.67. The zero-order chi connectivity index (χ0) is 24.7.